The maximum Gasteiger partial charge on any atom is 0.235 e. The van der Waals surface area contributed by atoms with Gasteiger partial charge in [-0.15, -0.1) is 0 Å². The molecular formula is C43H29N3. The molecule has 46 heavy (non-hydrogen) atoms. The van der Waals surface area contributed by atoms with Gasteiger partial charge in [-0.2, -0.15) is 0 Å². The maximum absolute atomic E-state index is 5.39. The molecule has 8 aromatic rings. The molecule has 1 atom stereocenters. The number of para-hydroxylation sites is 1. The summed E-state index contributed by atoms with van der Waals surface area (Å²) < 4.78 is 2.32. The monoisotopic (exact) mass is 587 g/mol. The van der Waals surface area contributed by atoms with E-state index in [0.717, 1.165) is 39.6 Å². The average Bonchev–Trinajstić information content (AvgIpc) is 3.39. The van der Waals surface area contributed by atoms with E-state index >= 15 is 0 Å². The fourth-order valence-electron chi connectivity index (χ4n) is 7.95. The normalized spacial score (nSPS) is 15.2. The van der Waals surface area contributed by atoms with E-state index in [1.807, 2.05) is 0 Å². The number of nitrogens with zero attached hydrogens (tertiary/aromatic N) is 3. The van der Waals surface area contributed by atoms with Crippen molar-refractivity contribution >= 4 is 49.1 Å². The molecule has 0 bridgehead atoms. The summed E-state index contributed by atoms with van der Waals surface area (Å²) in [5.41, 5.74) is 13.0. The molecule has 2 aliphatic carbocycles. The number of allylic oxidation sites excluding steroid dienone is 4. The first-order valence-electron chi connectivity index (χ1n) is 16.1. The number of aromatic nitrogens is 3. The van der Waals surface area contributed by atoms with Crippen molar-refractivity contribution in [3.05, 3.63) is 145 Å². The lowest BCUT2D eigenvalue weighted by Crippen LogP contribution is -2.05. The van der Waals surface area contributed by atoms with Crippen LogP contribution in [0.3, 0.4) is 0 Å². The molecule has 0 spiro atoms. The van der Waals surface area contributed by atoms with E-state index in [1.54, 1.807) is 0 Å². The van der Waals surface area contributed by atoms with Crippen LogP contribution in [0, 0.1) is 5.92 Å². The van der Waals surface area contributed by atoms with Gasteiger partial charge >= 0.3 is 0 Å². The van der Waals surface area contributed by atoms with Crippen LogP contribution in [0.25, 0.3) is 88.5 Å². The van der Waals surface area contributed by atoms with E-state index in [-0.39, 0.29) is 0 Å². The molecule has 3 heteroatoms. The Kier molecular flexibility index (Phi) is 5.32. The Hall–Kier alpha value is -5.80. The van der Waals surface area contributed by atoms with E-state index in [1.165, 1.54) is 54.9 Å². The summed E-state index contributed by atoms with van der Waals surface area (Å²) >= 11 is 0. The zero-order chi connectivity index (χ0) is 30.4. The molecule has 0 saturated heterocycles. The third-order valence-electron chi connectivity index (χ3n) is 10.0. The minimum Gasteiger partial charge on any atom is -0.278 e. The summed E-state index contributed by atoms with van der Waals surface area (Å²) in [7, 11) is 0. The van der Waals surface area contributed by atoms with Crippen LogP contribution in [-0.2, 0) is 0 Å². The molecule has 0 aliphatic heterocycles. The predicted octanol–water partition coefficient (Wildman–Crippen LogP) is 11.2. The number of hydrogen-bond donors (Lipinski definition) is 0. The Bertz CT molecular complexity index is 2620. The van der Waals surface area contributed by atoms with Crippen LogP contribution in [0.15, 0.2) is 140 Å². The van der Waals surface area contributed by atoms with Crippen molar-refractivity contribution in [3.8, 4) is 39.5 Å². The van der Waals surface area contributed by atoms with Gasteiger partial charge in [0.1, 0.15) is 0 Å². The summed E-state index contributed by atoms with van der Waals surface area (Å²) in [6, 6.07) is 43.7. The van der Waals surface area contributed by atoms with Crippen molar-refractivity contribution in [2.75, 3.05) is 0 Å². The molecule has 216 valence electrons. The second-order valence-electron chi connectivity index (χ2n) is 12.6. The number of hydrogen-bond acceptors (Lipinski definition) is 2. The molecule has 0 amide bonds. The van der Waals surface area contributed by atoms with E-state index in [4.69, 9.17) is 9.97 Å². The molecule has 3 nitrogen and oxygen atoms in total. The summed E-state index contributed by atoms with van der Waals surface area (Å²) in [6.07, 6.45) is 7.85. The van der Waals surface area contributed by atoms with Gasteiger partial charge in [0.15, 0.2) is 0 Å². The fourth-order valence-corrected chi connectivity index (χ4v) is 7.95. The van der Waals surface area contributed by atoms with Crippen LogP contribution in [0.5, 0.6) is 0 Å². The Labute approximate surface area is 266 Å². The molecule has 2 aromatic heterocycles. The minimum atomic E-state index is 0.418. The zero-order valence-corrected chi connectivity index (χ0v) is 25.4. The van der Waals surface area contributed by atoms with E-state index in [0.29, 0.717) is 11.9 Å². The highest BCUT2D eigenvalue weighted by Gasteiger charge is 2.28. The molecule has 0 N–H and O–H groups in total. The summed E-state index contributed by atoms with van der Waals surface area (Å²) in [6.45, 7) is 2.34. The first-order chi connectivity index (χ1) is 22.8. The van der Waals surface area contributed by atoms with Gasteiger partial charge in [0.2, 0.25) is 5.95 Å². The lowest BCUT2D eigenvalue weighted by Gasteiger charge is -2.21. The van der Waals surface area contributed by atoms with E-state index in [2.05, 4.69) is 151 Å². The molecule has 6 aromatic carbocycles. The molecule has 2 heterocycles. The Morgan fingerprint density at radius 2 is 1.28 bits per heavy atom. The number of rotatable bonds is 3. The highest BCUT2D eigenvalue weighted by molar-refractivity contribution is 6.31. The molecule has 0 radical (unpaired) electrons. The molecule has 0 saturated carbocycles. The molecule has 10 rings (SSSR count). The van der Waals surface area contributed by atoms with Crippen molar-refractivity contribution in [2.24, 2.45) is 5.92 Å². The van der Waals surface area contributed by atoms with Crippen molar-refractivity contribution < 1.29 is 0 Å². The minimum absolute atomic E-state index is 0.418. The maximum atomic E-state index is 5.39. The van der Waals surface area contributed by atoms with Gasteiger partial charge in [0.25, 0.3) is 0 Å². The first-order valence-corrected chi connectivity index (χ1v) is 16.1. The standard InChI is InChI=1S/C43H29N3/c1-26-13-5-6-16-28(26)35-25-38-41-39-31(20-11-21-33(35)39)29-17-7-8-18-30(29)32-22-12-24-37(40(32)41)46(38)43-44-36-23-10-9-19-34(36)42(45-43)27-14-3-2-4-15-27/h2-12,14-26H,13H2,1H3. The highest BCUT2D eigenvalue weighted by atomic mass is 15.2. The van der Waals surface area contributed by atoms with Crippen molar-refractivity contribution in [1.82, 2.24) is 14.5 Å². The van der Waals surface area contributed by atoms with Crippen molar-refractivity contribution in [2.45, 2.75) is 13.3 Å². The Morgan fingerprint density at radius 1 is 0.587 bits per heavy atom. The van der Waals surface area contributed by atoms with Gasteiger partial charge < -0.3 is 0 Å². The van der Waals surface area contributed by atoms with Gasteiger partial charge in [-0.1, -0.05) is 128 Å². The van der Waals surface area contributed by atoms with Gasteiger partial charge in [0, 0.05) is 27.1 Å². The summed E-state index contributed by atoms with van der Waals surface area (Å²) in [4.78, 5) is 10.7. The molecule has 0 fully saturated rings. The van der Waals surface area contributed by atoms with Gasteiger partial charge in [-0.05, 0) is 69.3 Å². The van der Waals surface area contributed by atoms with Crippen molar-refractivity contribution in [3.63, 3.8) is 0 Å². The third kappa shape index (κ3) is 3.48. The SMILES string of the molecule is CC1CC=CC=C1c1cc2c3c4c(cccc14)-c1ccccc1-c1cccc(c13)n2-c1nc(-c2ccccc2)c2ccccc2n1. The Balaban J connectivity index is 1.43. The predicted molar refractivity (Wildman–Crippen MR) is 192 cm³/mol. The van der Waals surface area contributed by atoms with E-state index in [9.17, 15) is 0 Å². The largest absolute Gasteiger partial charge is 0.278 e. The first kappa shape index (κ1) is 25.5. The second-order valence-corrected chi connectivity index (χ2v) is 12.6. The van der Waals surface area contributed by atoms with Crippen LogP contribution < -0.4 is 0 Å². The molecule has 1 unspecified atom stereocenters. The molecule has 2 aliphatic rings. The smallest absolute Gasteiger partial charge is 0.235 e. The number of benzene rings is 6. The van der Waals surface area contributed by atoms with Gasteiger partial charge in [-0.25, -0.2) is 9.97 Å². The van der Waals surface area contributed by atoms with Crippen LogP contribution in [0.1, 0.15) is 18.9 Å². The summed E-state index contributed by atoms with van der Waals surface area (Å²) in [5, 5.41) is 6.19. The lowest BCUT2D eigenvalue weighted by molar-refractivity contribution is 0.759. The second kappa shape index (κ2) is 9.60. The lowest BCUT2D eigenvalue weighted by atomic mass is 9.84. The van der Waals surface area contributed by atoms with Crippen LogP contribution in [-0.4, -0.2) is 14.5 Å². The Morgan fingerprint density at radius 3 is 2.11 bits per heavy atom. The highest BCUT2D eigenvalue weighted by Crippen LogP contribution is 2.51. The van der Waals surface area contributed by atoms with Crippen LogP contribution in [0.4, 0.5) is 0 Å². The van der Waals surface area contributed by atoms with Crippen LogP contribution >= 0.6 is 0 Å². The zero-order valence-electron chi connectivity index (χ0n) is 25.4. The average molecular weight is 588 g/mol. The third-order valence-corrected chi connectivity index (χ3v) is 10.0. The van der Waals surface area contributed by atoms with Crippen LogP contribution in [0.2, 0.25) is 0 Å². The molecular weight excluding hydrogens is 558 g/mol. The van der Waals surface area contributed by atoms with Gasteiger partial charge in [0.05, 0.1) is 22.2 Å². The fraction of sp³-hybridized carbons (Fsp3) is 0.0698. The summed E-state index contributed by atoms with van der Waals surface area (Å²) in [5.74, 6) is 1.11. The number of fused-ring (bicyclic) bond motifs is 4. The quantitative estimate of drug-likeness (QED) is 0.206. The van der Waals surface area contributed by atoms with Gasteiger partial charge in [-0.3, -0.25) is 4.57 Å². The van der Waals surface area contributed by atoms with E-state index < -0.39 is 0 Å². The van der Waals surface area contributed by atoms with Crippen molar-refractivity contribution in [1.29, 1.82) is 0 Å². The topological polar surface area (TPSA) is 30.7 Å².